The number of rotatable bonds is 7. The molecule has 110 valence electrons. The summed E-state index contributed by atoms with van der Waals surface area (Å²) in [6.07, 6.45) is 7.27. The molecular weight excluding hydrogens is 248 g/mol. The molecule has 1 unspecified atom stereocenters. The van der Waals surface area contributed by atoms with Crippen molar-refractivity contribution in [3.63, 3.8) is 0 Å². The maximum absolute atomic E-state index is 5.61. The van der Waals surface area contributed by atoms with E-state index in [1.54, 1.807) is 7.11 Å². The molecule has 1 heterocycles. The minimum absolute atomic E-state index is 0.126. The lowest BCUT2D eigenvalue weighted by Crippen LogP contribution is -2.02. The highest BCUT2D eigenvalue weighted by Gasteiger charge is 2.46. The Labute approximate surface area is 122 Å². The fourth-order valence-corrected chi connectivity index (χ4v) is 2.51. The van der Waals surface area contributed by atoms with Gasteiger partial charge in [-0.2, -0.15) is 0 Å². The van der Waals surface area contributed by atoms with Crippen molar-refractivity contribution in [3.8, 4) is 5.75 Å². The first-order chi connectivity index (χ1) is 9.51. The van der Waals surface area contributed by atoms with Gasteiger partial charge in [0.15, 0.2) is 0 Å². The molecule has 2 heteroatoms. The SMILES string of the molecule is COc1cccc(CC/C=C(\C)CCC2OC2(C)C)c1. The maximum Gasteiger partial charge on any atom is 0.119 e. The lowest BCUT2D eigenvalue weighted by Gasteiger charge is -2.04. The number of aryl methyl sites for hydroxylation is 1. The van der Waals surface area contributed by atoms with E-state index < -0.39 is 0 Å². The summed E-state index contributed by atoms with van der Waals surface area (Å²) >= 11 is 0. The van der Waals surface area contributed by atoms with Gasteiger partial charge in [0.05, 0.1) is 18.8 Å². The molecule has 1 aromatic rings. The van der Waals surface area contributed by atoms with Gasteiger partial charge in [-0.05, 0) is 64.2 Å². The molecule has 20 heavy (non-hydrogen) atoms. The van der Waals surface area contributed by atoms with Gasteiger partial charge in [0.2, 0.25) is 0 Å². The summed E-state index contributed by atoms with van der Waals surface area (Å²) < 4.78 is 10.9. The Morgan fingerprint density at radius 3 is 2.80 bits per heavy atom. The zero-order valence-corrected chi connectivity index (χ0v) is 13.1. The molecule has 1 atom stereocenters. The highest BCUT2D eigenvalue weighted by Crippen LogP contribution is 2.38. The van der Waals surface area contributed by atoms with Crippen molar-refractivity contribution >= 4 is 0 Å². The van der Waals surface area contributed by atoms with E-state index in [2.05, 4.69) is 45.0 Å². The first kappa shape index (κ1) is 15.1. The standard InChI is InChI=1S/C18H26O2/c1-14(11-12-17-18(2,3)20-17)7-5-8-15-9-6-10-16(13-15)19-4/h6-7,9-10,13,17H,5,8,11-12H2,1-4H3/b14-7+. The van der Waals surface area contributed by atoms with Gasteiger partial charge < -0.3 is 9.47 Å². The van der Waals surface area contributed by atoms with Crippen molar-refractivity contribution in [3.05, 3.63) is 41.5 Å². The van der Waals surface area contributed by atoms with Crippen LogP contribution in [0.15, 0.2) is 35.9 Å². The molecule has 0 N–H and O–H groups in total. The molecule has 1 aromatic carbocycles. The Hall–Kier alpha value is -1.28. The molecule has 1 fully saturated rings. The molecule has 1 aliphatic heterocycles. The van der Waals surface area contributed by atoms with Crippen molar-refractivity contribution in [1.82, 2.24) is 0 Å². The lowest BCUT2D eigenvalue weighted by molar-refractivity contribution is 0.320. The number of hydrogen-bond donors (Lipinski definition) is 0. The van der Waals surface area contributed by atoms with Crippen molar-refractivity contribution in [2.45, 2.75) is 58.2 Å². The van der Waals surface area contributed by atoms with Crippen molar-refractivity contribution < 1.29 is 9.47 Å². The molecule has 1 aliphatic rings. The van der Waals surface area contributed by atoms with Crippen LogP contribution in [0.2, 0.25) is 0 Å². The summed E-state index contributed by atoms with van der Waals surface area (Å²) in [6, 6.07) is 8.31. The largest absolute Gasteiger partial charge is 0.497 e. The highest BCUT2D eigenvalue weighted by molar-refractivity contribution is 5.28. The van der Waals surface area contributed by atoms with Crippen LogP contribution in [0, 0.1) is 0 Å². The molecular formula is C18H26O2. The minimum atomic E-state index is 0.126. The van der Waals surface area contributed by atoms with Crippen LogP contribution in [0.5, 0.6) is 5.75 Å². The third-order valence-electron chi connectivity index (χ3n) is 4.02. The number of benzene rings is 1. The molecule has 2 nitrogen and oxygen atoms in total. The first-order valence-corrected chi connectivity index (χ1v) is 7.47. The second-order valence-electron chi connectivity index (χ2n) is 6.19. The maximum atomic E-state index is 5.61. The van der Waals surface area contributed by atoms with Crippen LogP contribution in [-0.2, 0) is 11.2 Å². The van der Waals surface area contributed by atoms with E-state index in [1.165, 1.54) is 11.1 Å². The minimum Gasteiger partial charge on any atom is -0.497 e. The van der Waals surface area contributed by atoms with Crippen LogP contribution in [-0.4, -0.2) is 18.8 Å². The van der Waals surface area contributed by atoms with Crippen LogP contribution in [0.3, 0.4) is 0 Å². The molecule has 0 spiro atoms. The summed E-state index contributed by atoms with van der Waals surface area (Å²) in [5, 5.41) is 0. The van der Waals surface area contributed by atoms with E-state index in [0.717, 1.165) is 31.4 Å². The predicted molar refractivity (Wildman–Crippen MR) is 83.3 cm³/mol. The Morgan fingerprint density at radius 2 is 2.15 bits per heavy atom. The van der Waals surface area contributed by atoms with E-state index in [4.69, 9.17) is 9.47 Å². The Morgan fingerprint density at radius 1 is 1.40 bits per heavy atom. The number of ether oxygens (including phenoxy) is 2. The average Bonchev–Trinajstić information content (AvgIpc) is 3.04. The molecule has 0 radical (unpaired) electrons. The summed E-state index contributed by atoms with van der Waals surface area (Å²) in [6.45, 7) is 6.56. The zero-order chi connectivity index (χ0) is 14.6. The van der Waals surface area contributed by atoms with E-state index >= 15 is 0 Å². The zero-order valence-electron chi connectivity index (χ0n) is 13.1. The third-order valence-corrected chi connectivity index (χ3v) is 4.02. The predicted octanol–water partition coefficient (Wildman–Crippen LogP) is 4.53. The van der Waals surface area contributed by atoms with Crippen LogP contribution in [0.1, 0.15) is 45.6 Å². The van der Waals surface area contributed by atoms with E-state index in [9.17, 15) is 0 Å². The van der Waals surface area contributed by atoms with Crippen LogP contribution < -0.4 is 4.74 Å². The van der Waals surface area contributed by atoms with E-state index in [-0.39, 0.29) is 5.60 Å². The monoisotopic (exact) mass is 274 g/mol. The van der Waals surface area contributed by atoms with Crippen LogP contribution in [0.25, 0.3) is 0 Å². The van der Waals surface area contributed by atoms with Gasteiger partial charge >= 0.3 is 0 Å². The second-order valence-corrected chi connectivity index (χ2v) is 6.19. The van der Waals surface area contributed by atoms with Gasteiger partial charge in [0.1, 0.15) is 5.75 Å². The van der Waals surface area contributed by atoms with Crippen LogP contribution >= 0.6 is 0 Å². The Bertz CT molecular complexity index is 474. The lowest BCUT2D eigenvalue weighted by atomic mass is 10.0. The smallest absolute Gasteiger partial charge is 0.119 e. The third kappa shape index (κ3) is 4.38. The van der Waals surface area contributed by atoms with E-state index in [0.29, 0.717) is 6.10 Å². The van der Waals surface area contributed by atoms with Crippen molar-refractivity contribution in [1.29, 1.82) is 0 Å². The Balaban J connectivity index is 1.72. The number of hydrogen-bond acceptors (Lipinski definition) is 2. The fraction of sp³-hybridized carbons (Fsp3) is 0.556. The molecule has 1 saturated heterocycles. The quantitative estimate of drug-likeness (QED) is 0.538. The van der Waals surface area contributed by atoms with Crippen LogP contribution in [0.4, 0.5) is 0 Å². The number of allylic oxidation sites excluding steroid dienone is 2. The molecule has 0 bridgehead atoms. The Kier molecular flexibility index (Phi) is 4.87. The normalized spacial score (nSPS) is 20.8. The summed E-state index contributed by atoms with van der Waals surface area (Å²) in [4.78, 5) is 0. The van der Waals surface area contributed by atoms with Gasteiger partial charge in [-0.3, -0.25) is 0 Å². The first-order valence-electron chi connectivity index (χ1n) is 7.47. The molecule has 0 saturated carbocycles. The second kappa shape index (κ2) is 6.45. The molecule has 0 aliphatic carbocycles. The number of epoxide rings is 1. The van der Waals surface area contributed by atoms with Gasteiger partial charge in [-0.1, -0.05) is 23.8 Å². The van der Waals surface area contributed by atoms with E-state index in [1.807, 2.05) is 6.07 Å². The molecule has 0 amide bonds. The topological polar surface area (TPSA) is 21.8 Å². The van der Waals surface area contributed by atoms with Gasteiger partial charge in [0.25, 0.3) is 0 Å². The van der Waals surface area contributed by atoms with Gasteiger partial charge in [0, 0.05) is 0 Å². The summed E-state index contributed by atoms with van der Waals surface area (Å²) in [5.41, 5.74) is 2.93. The molecule has 2 rings (SSSR count). The summed E-state index contributed by atoms with van der Waals surface area (Å²) in [7, 11) is 1.71. The van der Waals surface area contributed by atoms with Gasteiger partial charge in [-0.25, -0.2) is 0 Å². The fourth-order valence-electron chi connectivity index (χ4n) is 2.51. The van der Waals surface area contributed by atoms with Gasteiger partial charge in [-0.15, -0.1) is 0 Å². The molecule has 0 aromatic heterocycles. The average molecular weight is 274 g/mol. The summed E-state index contributed by atoms with van der Waals surface area (Å²) in [5.74, 6) is 0.941. The highest BCUT2D eigenvalue weighted by atomic mass is 16.6. The number of methoxy groups -OCH3 is 1. The van der Waals surface area contributed by atoms with Crippen molar-refractivity contribution in [2.75, 3.05) is 7.11 Å². The van der Waals surface area contributed by atoms with Crippen molar-refractivity contribution in [2.24, 2.45) is 0 Å².